The van der Waals surface area contributed by atoms with Gasteiger partial charge in [0.25, 0.3) is 5.91 Å². The van der Waals surface area contributed by atoms with Crippen LogP contribution in [0.4, 0.5) is 11.4 Å². The van der Waals surface area contributed by atoms with Crippen molar-refractivity contribution < 1.29 is 29.1 Å². The first-order valence-electron chi connectivity index (χ1n) is 13.6. The average Bonchev–Trinajstić information content (AvgIpc) is 3.52. The minimum Gasteiger partial charge on any atom is -0.494 e. The lowest BCUT2D eigenvalue weighted by Crippen LogP contribution is -2.26. The number of ether oxygens (including phenoxy) is 2. The smallest absolute Gasteiger partial charge is 0.298 e. The van der Waals surface area contributed by atoms with Gasteiger partial charge in [0.1, 0.15) is 28.4 Å². The molecule has 0 atom stereocenters. The Morgan fingerprint density at radius 2 is 1.68 bits per heavy atom. The maximum atomic E-state index is 13.4. The first-order chi connectivity index (χ1) is 21.0. The van der Waals surface area contributed by atoms with Crippen LogP contribution < -0.4 is 37.4 Å². The number of benzene rings is 2. The molecule has 0 aliphatic heterocycles. The van der Waals surface area contributed by atoms with E-state index < -0.39 is 17.7 Å². The second-order valence-electron chi connectivity index (χ2n) is 9.71. The van der Waals surface area contributed by atoms with Crippen molar-refractivity contribution in [2.45, 2.75) is 26.9 Å². The lowest BCUT2D eigenvalue weighted by atomic mass is 10.1. The second kappa shape index (κ2) is 13.2. The van der Waals surface area contributed by atoms with Crippen LogP contribution in [-0.2, 0) is 20.1 Å². The monoisotopic (exact) mass is 605 g/mol. The Hall–Kier alpha value is -5.57. The van der Waals surface area contributed by atoms with Crippen molar-refractivity contribution in [1.29, 1.82) is 0 Å². The van der Waals surface area contributed by atoms with E-state index in [4.69, 9.17) is 20.9 Å². The molecule has 4 aromatic rings. The Labute approximate surface area is 252 Å². The number of aromatic nitrogens is 4. The van der Waals surface area contributed by atoms with Crippen molar-refractivity contribution in [2.24, 2.45) is 23.5 Å². The van der Waals surface area contributed by atoms with Gasteiger partial charge in [-0.25, -0.2) is 0 Å². The number of nitrogens with two attached hydrogens (primary N) is 2. The standard InChI is InChI=1S/C29H35N9O6/c1-6-38-21(11-16(2)34-38)28(41)33-29-36(3)20-13-18(27(31)40)15-23(44-5)25(20)37(29)10-8-7-9-32-24-19(35-42)12-17(26(30)39)14-22(24)43-4/h7-8,11-15,32,35,42H,6,9-10H2,1-5H3,(H2,30,39)(H2,31,40)/b8-7+,33-29?. The van der Waals surface area contributed by atoms with E-state index in [9.17, 15) is 19.6 Å². The number of carbonyl (C=O) groups excluding carboxylic acids is 3. The highest BCUT2D eigenvalue weighted by Crippen LogP contribution is 2.34. The molecule has 7 N–H and O–H groups in total. The topological polar surface area (TPSA) is 206 Å². The van der Waals surface area contributed by atoms with Gasteiger partial charge in [0.2, 0.25) is 17.4 Å². The van der Waals surface area contributed by atoms with Crippen molar-refractivity contribution >= 4 is 40.1 Å². The summed E-state index contributed by atoms with van der Waals surface area (Å²) >= 11 is 0. The van der Waals surface area contributed by atoms with Gasteiger partial charge >= 0.3 is 0 Å². The van der Waals surface area contributed by atoms with Gasteiger partial charge in [0.15, 0.2) is 0 Å². The van der Waals surface area contributed by atoms with Crippen LogP contribution >= 0.6 is 0 Å². The first kappa shape index (κ1) is 31.4. The number of imidazole rings is 1. The van der Waals surface area contributed by atoms with Gasteiger partial charge in [-0.3, -0.25) is 29.8 Å². The predicted octanol–water partition coefficient (Wildman–Crippen LogP) is 1.93. The Balaban J connectivity index is 1.75. The van der Waals surface area contributed by atoms with E-state index in [-0.39, 0.29) is 29.9 Å². The van der Waals surface area contributed by atoms with E-state index in [0.29, 0.717) is 51.8 Å². The zero-order valence-corrected chi connectivity index (χ0v) is 25.0. The molecule has 0 spiro atoms. The molecule has 2 aromatic heterocycles. The fourth-order valence-electron chi connectivity index (χ4n) is 4.84. The van der Waals surface area contributed by atoms with Crippen molar-refractivity contribution in [3.05, 3.63) is 70.6 Å². The third-order valence-corrected chi connectivity index (χ3v) is 6.93. The molecule has 44 heavy (non-hydrogen) atoms. The summed E-state index contributed by atoms with van der Waals surface area (Å²) in [5.74, 6) is -1.12. The molecule has 15 heteroatoms. The van der Waals surface area contributed by atoms with Crippen LogP contribution in [0.25, 0.3) is 11.0 Å². The summed E-state index contributed by atoms with van der Waals surface area (Å²) < 4.78 is 16.1. The summed E-state index contributed by atoms with van der Waals surface area (Å²) in [6.45, 7) is 4.73. The molecular weight excluding hydrogens is 570 g/mol. The number of nitrogens with zero attached hydrogens (tertiary/aromatic N) is 5. The van der Waals surface area contributed by atoms with Crippen LogP contribution in [-0.4, -0.2) is 62.6 Å². The van der Waals surface area contributed by atoms with Gasteiger partial charge in [-0.15, -0.1) is 0 Å². The van der Waals surface area contributed by atoms with Gasteiger partial charge in [0.05, 0.1) is 31.1 Å². The van der Waals surface area contributed by atoms with Crippen LogP contribution in [0.2, 0.25) is 0 Å². The number of allylic oxidation sites excluding steroid dienone is 1. The van der Waals surface area contributed by atoms with Crippen molar-refractivity contribution in [2.75, 3.05) is 31.6 Å². The number of anilines is 2. The van der Waals surface area contributed by atoms with E-state index >= 15 is 0 Å². The van der Waals surface area contributed by atoms with E-state index in [1.165, 1.54) is 26.4 Å². The molecule has 3 amide bonds. The van der Waals surface area contributed by atoms with Gasteiger partial charge in [0, 0.05) is 37.8 Å². The van der Waals surface area contributed by atoms with Crippen molar-refractivity contribution in [1.82, 2.24) is 18.9 Å². The van der Waals surface area contributed by atoms with Crippen LogP contribution in [0.5, 0.6) is 11.5 Å². The quantitative estimate of drug-likeness (QED) is 0.118. The number of amides is 3. The Bertz CT molecular complexity index is 1820. The maximum Gasteiger partial charge on any atom is 0.298 e. The number of rotatable bonds is 12. The van der Waals surface area contributed by atoms with E-state index in [1.807, 2.05) is 19.1 Å². The molecule has 0 unspecified atom stereocenters. The molecule has 4 rings (SSSR count). The van der Waals surface area contributed by atoms with Gasteiger partial charge in [-0.05, 0) is 44.2 Å². The highest BCUT2D eigenvalue weighted by Gasteiger charge is 2.19. The summed E-state index contributed by atoms with van der Waals surface area (Å²) in [7, 11) is 4.64. The maximum absolute atomic E-state index is 13.4. The lowest BCUT2D eigenvalue weighted by molar-refractivity contribution is 0.0980. The number of aryl methyl sites for hydroxylation is 3. The normalized spacial score (nSPS) is 11.7. The van der Waals surface area contributed by atoms with E-state index in [2.05, 4.69) is 20.9 Å². The molecule has 0 saturated carbocycles. The largest absolute Gasteiger partial charge is 0.494 e. The Morgan fingerprint density at radius 1 is 1.02 bits per heavy atom. The number of fused-ring (bicyclic) bond motifs is 1. The zero-order chi connectivity index (χ0) is 32.1. The van der Waals surface area contributed by atoms with E-state index in [0.717, 1.165) is 0 Å². The SMILES string of the molecule is CCn1nc(C)cc1C(=O)N=c1n(C)c2cc(C(N)=O)cc(OC)c2n1C/C=C/CNc1c(NO)cc(C(N)=O)cc1OC. The summed E-state index contributed by atoms with van der Waals surface area (Å²) in [6, 6.07) is 7.70. The summed E-state index contributed by atoms with van der Waals surface area (Å²) in [5, 5.41) is 17.1. The highest BCUT2D eigenvalue weighted by molar-refractivity contribution is 5.99. The number of methoxy groups -OCH3 is 2. The number of hydrogen-bond acceptors (Lipinski definition) is 9. The third-order valence-electron chi connectivity index (χ3n) is 6.93. The first-order valence-corrected chi connectivity index (χ1v) is 13.6. The molecule has 0 saturated heterocycles. The molecule has 0 fully saturated rings. The number of hydrogen-bond donors (Lipinski definition) is 5. The minimum atomic E-state index is -0.675. The molecule has 232 valence electrons. The summed E-state index contributed by atoms with van der Waals surface area (Å²) in [6.07, 6.45) is 3.66. The van der Waals surface area contributed by atoms with E-state index in [1.54, 1.807) is 46.0 Å². The summed E-state index contributed by atoms with van der Waals surface area (Å²) in [5.41, 5.74) is 16.5. The minimum absolute atomic E-state index is 0.156. The molecule has 2 aromatic carbocycles. The van der Waals surface area contributed by atoms with Crippen molar-refractivity contribution in [3.63, 3.8) is 0 Å². The molecule has 0 bridgehead atoms. The molecule has 0 radical (unpaired) electrons. The number of nitrogens with one attached hydrogen (secondary N) is 2. The molecule has 0 aliphatic carbocycles. The van der Waals surface area contributed by atoms with Gasteiger partial charge < -0.3 is 35.4 Å². The number of carbonyl (C=O) groups is 3. The lowest BCUT2D eigenvalue weighted by Gasteiger charge is -2.15. The fraction of sp³-hybridized carbons (Fsp3) is 0.276. The molecule has 0 aliphatic rings. The zero-order valence-electron chi connectivity index (χ0n) is 25.0. The number of primary amides is 2. The van der Waals surface area contributed by atoms with Crippen LogP contribution in [0.3, 0.4) is 0 Å². The Morgan fingerprint density at radius 3 is 2.30 bits per heavy atom. The van der Waals surface area contributed by atoms with Crippen LogP contribution in [0.1, 0.15) is 43.8 Å². The Kier molecular flexibility index (Phi) is 9.38. The van der Waals surface area contributed by atoms with Gasteiger partial charge in [-0.1, -0.05) is 12.2 Å². The second-order valence-corrected chi connectivity index (χ2v) is 9.71. The van der Waals surface area contributed by atoms with Crippen molar-refractivity contribution in [3.8, 4) is 11.5 Å². The molecular formula is C29H35N9O6. The average molecular weight is 606 g/mol. The van der Waals surface area contributed by atoms with Crippen LogP contribution in [0.15, 0.2) is 47.5 Å². The van der Waals surface area contributed by atoms with Gasteiger partial charge in [-0.2, -0.15) is 10.1 Å². The molecule has 15 nitrogen and oxygen atoms in total. The predicted molar refractivity (Wildman–Crippen MR) is 163 cm³/mol. The third kappa shape index (κ3) is 6.12. The summed E-state index contributed by atoms with van der Waals surface area (Å²) in [4.78, 5) is 41.5. The highest BCUT2D eigenvalue weighted by atomic mass is 16.5. The van der Waals surface area contributed by atoms with Crippen LogP contribution in [0, 0.1) is 6.92 Å². The fourth-order valence-corrected chi connectivity index (χ4v) is 4.84. The molecule has 2 heterocycles.